The average molecular weight is 304 g/mol. The molecule has 1 heterocycles. The van der Waals surface area contributed by atoms with Gasteiger partial charge in [-0.15, -0.1) is 23.4 Å². The molecule has 0 fully saturated rings. The number of rotatable bonds is 4. The van der Waals surface area contributed by atoms with Gasteiger partial charge < -0.3 is 0 Å². The standard InChI is InChI=1S/C10H10Cl2F3NS/c1-6(3-11)5-17-9-8(12)2-7(4-16-9)10(13,14)15/h2,4,6H,3,5H2,1H3. The Morgan fingerprint density at radius 2 is 2.12 bits per heavy atom. The first-order valence-electron chi connectivity index (χ1n) is 4.76. The molecule has 0 aliphatic heterocycles. The monoisotopic (exact) mass is 303 g/mol. The summed E-state index contributed by atoms with van der Waals surface area (Å²) in [6.07, 6.45) is -3.62. The maximum atomic E-state index is 12.3. The quantitative estimate of drug-likeness (QED) is 0.589. The Labute approximate surface area is 112 Å². The van der Waals surface area contributed by atoms with E-state index in [4.69, 9.17) is 23.2 Å². The van der Waals surface area contributed by atoms with Crippen LogP contribution in [0.2, 0.25) is 5.02 Å². The highest BCUT2D eigenvalue weighted by Gasteiger charge is 2.31. The van der Waals surface area contributed by atoms with Crippen LogP contribution in [0.3, 0.4) is 0 Å². The molecule has 0 saturated heterocycles. The number of halogens is 5. The van der Waals surface area contributed by atoms with Crippen LogP contribution in [0.5, 0.6) is 0 Å². The molecule has 0 saturated carbocycles. The summed E-state index contributed by atoms with van der Waals surface area (Å²) in [4.78, 5) is 3.72. The predicted octanol–water partition coefficient (Wildman–Crippen LogP) is 4.72. The molecule has 1 atom stereocenters. The smallest absolute Gasteiger partial charge is 0.248 e. The van der Waals surface area contributed by atoms with Gasteiger partial charge in [-0.3, -0.25) is 0 Å². The Hall–Kier alpha value is -0.130. The molecule has 1 nitrogen and oxygen atoms in total. The minimum Gasteiger partial charge on any atom is -0.248 e. The van der Waals surface area contributed by atoms with E-state index in [1.807, 2.05) is 6.92 Å². The van der Waals surface area contributed by atoms with Gasteiger partial charge in [0.25, 0.3) is 0 Å². The molecule has 0 amide bonds. The molecule has 0 bridgehead atoms. The number of thioether (sulfide) groups is 1. The second-order valence-corrected chi connectivity index (χ2v) is 5.30. The third kappa shape index (κ3) is 4.56. The van der Waals surface area contributed by atoms with Gasteiger partial charge in [-0.05, 0) is 12.0 Å². The summed E-state index contributed by atoms with van der Waals surface area (Å²) in [7, 11) is 0. The fourth-order valence-corrected chi connectivity index (χ4v) is 2.41. The van der Waals surface area contributed by atoms with E-state index >= 15 is 0 Å². The van der Waals surface area contributed by atoms with E-state index in [-0.39, 0.29) is 10.9 Å². The summed E-state index contributed by atoms with van der Waals surface area (Å²) in [5.41, 5.74) is -0.836. The number of aromatic nitrogens is 1. The summed E-state index contributed by atoms with van der Waals surface area (Å²) >= 11 is 12.7. The van der Waals surface area contributed by atoms with E-state index in [1.165, 1.54) is 11.8 Å². The van der Waals surface area contributed by atoms with Crippen molar-refractivity contribution in [2.75, 3.05) is 11.6 Å². The van der Waals surface area contributed by atoms with Gasteiger partial charge in [-0.25, -0.2) is 4.98 Å². The van der Waals surface area contributed by atoms with Gasteiger partial charge in [0.1, 0.15) is 5.03 Å². The van der Waals surface area contributed by atoms with E-state index in [2.05, 4.69) is 4.98 Å². The van der Waals surface area contributed by atoms with E-state index < -0.39 is 11.7 Å². The fourth-order valence-electron chi connectivity index (χ4n) is 0.952. The number of hydrogen-bond donors (Lipinski definition) is 0. The molecular formula is C10H10Cl2F3NS. The number of pyridine rings is 1. The maximum absolute atomic E-state index is 12.3. The van der Waals surface area contributed by atoms with Crippen molar-refractivity contribution in [3.8, 4) is 0 Å². The Bertz CT molecular complexity index is 384. The zero-order valence-corrected chi connectivity index (χ0v) is 11.2. The van der Waals surface area contributed by atoms with Crippen LogP contribution in [-0.2, 0) is 6.18 Å². The molecule has 0 aromatic carbocycles. The molecule has 0 aliphatic carbocycles. The Kier molecular flexibility index (Phi) is 5.41. The van der Waals surface area contributed by atoms with Crippen molar-refractivity contribution in [3.05, 3.63) is 22.8 Å². The van der Waals surface area contributed by atoms with E-state index in [9.17, 15) is 13.2 Å². The predicted molar refractivity (Wildman–Crippen MR) is 64.9 cm³/mol. The third-order valence-electron chi connectivity index (χ3n) is 1.90. The second kappa shape index (κ2) is 6.16. The zero-order chi connectivity index (χ0) is 13.1. The van der Waals surface area contributed by atoms with Crippen LogP contribution in [-0.4, -0.2) is 16.6 Å². The van der Waals surface area contributed by atoms with Crippen molar-refractivity contribution in [2.45, 2.75) is 18.1 Å². The van der Waals surface area contributed by atoms with Gasteiger partial charge in [-0.2, -0.15) is 13.2 Å². The van der Waals surface area contributed by atoms with Gasteiger partial charge in [-0.1, -0.05) is 18.5 Å². The van der Waals surface area contributed by atoms with Gasteiger partial charge in [0.2, 0.25) is 0 Å². The molecule has 0 N–H and O–H groups in total. The lowest BCUT2D eigenvalue weighted by Gasteiger charge is -2.10. The highest BCUT2D eigenvalue weighted by molar-refractivity contribution is 7.99. The molecular weight excluding hydrogens is 294 g/mol. The number of alkyl halides is 4. The molecule has 1 unspecified atom stereocenters. The summed E-state index contributed by atoms with van der Waals surface area (Å²) in [5.74, 6) is 1.41. The van der Waals surface area contributed by atoms with Crippen molar-refractivity contribution in [3.63, 3.8) is 0 Å². The van der Waals surface area contributed by atoms with E-state index in [1.54, 1.807) is 0 Å². The Morgan fingerprint density at radius 3 is 2.59 bits per heavy atom. The topological polar surface area (TPSA) is 12.9 Å². The van der Waals surface area contributed by atoms with Gasteiger partial charge in [0, 0.05) is 17.8 Å². The lowest BCUT2D eigenvalue weighted by Crippen LogP contribution is -2.06. The SMILES string of the molecule is CC(CCl)CSc1ncc(C(F)(F)F)cc1Cl. The van der Waals surface area contributed by atoms with Gasteiger partial charge in [0.15, 0.2) is 0 Å². The molecule has 0 radical (unpaired) electrons. The first kappa shape index (κ1) is 14.9. The highest BCUT2D eigenvalue weighted by Crippen LogP contribution is 2.34. The summed E-state index contributed by atoms with van der Waals surface area (Å²) in [5, 5.41) is 0.420. The first-order chi connectivity index (χ1) is 7.84. The van der Waals surface area contributed by atoms with Gasteiger partial charge in [0.05, 0.1) is 10.6 Å². The van der Waals surface area contributed by atoms with Crippen molar-refractivity contribution >= 4 is 35.0 Å². The van der Waals surface area contributed by atoms with Crippen molar-refractivity contribution in [2.24, 2.45) is 5.92 Å². The van der Waals surface area contributed by atoms with Gasteiger partial charge >= 0.3 is 6.18 Å². The largest absolute Gasteiger partial charge is 0.417 e. The normalized spacial score (nSPS) is 13.8. The fraction of sp³-hybridized carbons (Fsp3) is 0.500. The third-order valence-corrected chi connectivity index (χ3v) is 4.16. The molecule has 17 heavy (non-hydrogen) atoms. The molecule has 1 aromatic rings. The van der Waals surface area contributed by atoms with Crippen molar-refractivity contribution in [1.29, 1.82) is 0 Å². The van der Waals surface area contributed by atoms with Crippen LogP contribution < -0.4 is 0 Å². The second-order valence-electron chi connectivity index (χ2n) is 3.58. The van der Waals surface area contributed by atoms with E-state index in [0.29, 0.717) is 16.7 Å². The molecule has 96 valence electrons. The molecule has 0 spiro atoms. The van der Waals surface area contributed by atoms with Crippen LogP contribution in [0.1, 0.15) is 12.5 Å². The minimum absolute atomic E-state index is 0.0200. The lowest BCUT2D eigenvalue weighted by molar-refractivity contribution is -0.137. The molecule has 1 rings (SSSR count). The average Bonchev–Trinajstić information content (AvgIpc) is 2.25. The summed E-state index contributed by atoms with van der Waals surface area (Å²) in [6.45, 7) is 1.94. The summed E-state index contributed by atoms with van der Waals surface area (Å²) < 4.78 is 37.0. The first-order valence-corrected chi connectivity index (χ1v) is 6.66. The zero-order valence-electron chi connectivity index (χ0n) is 8.89. The van der Waals surface area contributed by atoms with Crippen molar-refractivity contribution in [1.82, 2.24) is 4.98 Å². The minimum atomic E-state index is -4.41. The van der Waals surface area contributed by atoms with Crippen LogP contribution in [0.15, 0.2) is 17.3 Å². The van der Waals surface area contributed by atoms with Crippen LogP contribution in [0.25, 0.3) is 0 Å². The van der Waals surface area contributed by atoms with E-state index in [0.717, 1.165) is 12.3 Å². The number of nitrogens with zero attached hydrogens (tertiary/aromatic N) is 1. The molecule has 7 heteroatoms. The van der Waals surface area contributed by atoms with Crippen LogP contribution >= 0.6 is 35.0 Å². The Balaban J connectivity index is 2.77. The lowest BCUT2D eigenvalue weighted by atomic mass is 10.3. The molecule has 0 aliphatic rings. The van der Waals surface area contributed by atoms with Crippen LogP contribution in [0, 0.1) is 5.92 Å². The van der Waals surface area contributed by atoms with Crippen LogP contribution in [0.4, 0.5) is 13.2 Å². The highest BCUT2D eigenvalue weighted by atomic mass is 35.5. The van der Waals surface area contributed by atoms with Crippen molar-refractivity contribution < 1.29 is 13.2 Å². The molecule has 1 aromatic heterocycles. The summed E-state index contributed by atoms with van der Waals surface area (Å²) in [6, 6.07) is 0.891. The maximum Gasteiger partial charge on any atom is 0.417 e. The Morgan fingerprint density at radius 1 is 1.47 bits per heavy atom. The number of hydrogen-bond acceptors (Lipinski definition) is 2.